The van der Waals surface area contributed by atoms with Gasteiger partial charge in [0.1, 0.15) is 0 Å². The second kappa shape index (κ2) is 9.30. The molecule has 6 nitrogen and oxygen atoms in total. The summed E-state index contributed by atoms with van der Waals surface area (Å²) in [4.78, 5) is 12.7. The Bertz CT molecular complexity index is 1500. The van der Waals surface area contributed by atoms with E-state index in [1.54, 1.807) is 0 Å². The molecular weight excluding hydrogens is 486 g/mol. The number of benzene rings is 3. The first-order valence-electron chi connectivity index (χ1n) is 12.3. The summed E-state index contributed by atoms with van der Waals surface area (Å²) in [6.07, 6.45) is -0.0970. The molecule has 0 saturated carbocycles. The molecule has 0 radical (unpaired) electrons. The maximum absolute atomic E-state index is 13.1. The number of aliphatic carboxylic acids is 1. The number of sulfonamides is 1. The number of rotatable bonds is 5. The van der Waals surface area contributed by atoms with E-state index in [9.17, 15) is 18.3 Å². The van der Waals surface area contributed by atoms with E-state index in [-0.39, 0.29) is 6.54 Å². The molecule has 37 heavy (non-hydrogen) atoms. The molecule has 1 heterocycles. The van der Waals surface area contributed by atoms with Gasteiger partial charge in [-0.3, -0.25) is 4.31 Å². The fourth-order valence-electron chi connectivity index (χ4n) is 5.37. The van der Waals surface area contributed by atoms with Crippen LogP contribution in [0.25, 0.3) is 22.3 Å². The zero-order valence-electron chi connectivity index (χ0n) is 22.8. The number of hydrogen-bond donors (Lipinski definition) is 1. The van der Waals surface area contributed by atoms with E-state index in [2.05, 4.69) is 0 Å². The van der Waals surface area contributed by atoms with Crippen molar-refractivity contribution in [2.24, 2.45) is 0 Å². The molecule has 1 aliphatic rings. The molecule has 7 heteroatoms. The number of carboxylic acid groups (broad SMARTS) is 1. The monoisotopic (exact) mass is 521 g/mol. The molecule has 1 N–H and O–H groups in total. The predicted molar refractivity (Wildman–Crippen MR) is 149 cm³/mol. The van der Waals surface area contributed by atoms with Gasteiger partial charge in [-0.1, -0.05) is 48.0 Å². The van der Waals surface area contributed by atoms with Crippen molar-refractivity contribution in [2.75, 3.05) is 10.6 Å². The van der Waals surface area contributed by atoms with E-state index in [1.165, 1.54) is 10.6 Å². The number of fused-ring (bicyclic) bond motifs is 3. The third-order valence-electron chi connectivity index (χ3n) is 6.89. The molecular formula is C30H35NO5S. The Balaban J connectivity index is 2.23. The molecule has 1 atom stereocenters. The van der Waals surface area contributed by atoms with Gasteiger partial charge in [0.15, 0.2) is 6.10 Å². The molecule has 0 saturated heterocycles. The summed E-state index contributed by atoms with van der Waals surface area (Å²) >= 11 is 0. The van der Waals surface area contributed by atoms with Crippen molar-refractivity contribution in [1.82, 2.24) is 0 Å². The molecule has 0 aromatic heterocycles. The lowest BCUT2D eigenvalue weighted by Gasteiger charge is -2.38. The molecule has 0 amide bonds. The van der Waals surface area contributed by atoms with Crippen LogP contribution in [0.5, 0.6) is 0 Å². The Morgan fingerprint density at radius 2 is 1.57 bits per heavy atom. The highest BCUT2D eigenvalue weighted by atomic mass is 32.2. The molecule has 0 bridgehead atoms. The number of carboxylic acids is 1. The van der Waals surface area contributed by atoms with Crippen molar-refractivity contribution in [1.29, 1.82) is 0 Å². The molecule has 0 fully saturated rings. The van der Waals surface area contributed by atoms with Gasteiger partial charge < -0.3 is 9.84 Å². The fourth-order valence-corrected chi connectivity index (χ4v) is 6.30. The summed E-state index contributed by atoms with van der Waals surface area (Å²) in [5, 5.41) is 10.4. The van der Waals surface area contributed by atoms with Crippen molar-refractivity contribution in [2.45, 2.75) is 66.7 Å². The first kappa shape index (κ1) is 26.9. The highest BCUT2D eigenvalue weighted by Gasteiger charge is 2.38. The summed E-state index contributed by atoms with van der Waals surface area (Å²) < 4.78 is 33.8. The number of ether oxygens (including phenoxy) is 1. The van der Waals surface area contributed by atoms with Gasteiger partial charge in [-0.25, -0.2) is 13.2 Å². The Hall–Kier alpha value is -3.16. The van der Waals surface area contributed by atoms with Gasteiger partial charge >= 0.3 is 5.97 Å². The van der Waals surface area contributed by atoms with Crippen LogP contribution in [0.15, 0.2) is 42.5 Å². The predicted octanol–water partition coefficient (Wildman–Crippen LogP) is 6.47. The third-order valence-corrected chi connectivity index (χ3v) is 8.00. The molecule has 196 valence electrons. The highest BCUT2D eigenvalue weighted by molar-refractivity contribution is 7.92. The number of anilines is 1. The quantitative estimate of drug-likeness (QED) is 0.416. The number of aryl methyl sites for hydroxylation is 2. The minimum atomic E-state index is -3.67. The first-order valence-corrected chi connectivity index (χ1v) is 14.2. The van der Waals surface area contributed by atoms with Crippen molar-refractivity contribution in [3.63, 3.8) is 0 Å². The lowest BCUT2D eigenvalue weighted by atomic mass is 9.79. The average molecular weight is 522 g/mol. The van der Waals surface area contributed by atoms with Gasteiger partial charge in [0.2, 0.25) is 10.0 Å². The summed E-state index contributed by atoms with van der Waals surface area (Å²) in [5.74, 6) is -1.12. The zero-order valence-corrected chi connectivity index (χ0v) is 23.6. The van der Waals surface area contributed by atoms with E-state index in [4.69, 9.17) is 4.74 Å². The van der Waals surface area contributed by atoms with Crippen LogP contribution in [0.2, 0.25) is 0 Å². The molecule has 4 rings (SSSR count). The summed E-state index contributed by atoms with van der Waals surface area (Å²) in [5.41, 5.74) is 8.16. The van der Waals surface area contributed by atoms with Gasteiger partial charge in [0.05, 0.1) is 24.1 Å². The molecule has 3 aromatic carbocycles. The van der Waals surface area contributed by atoms with Crippen LogP contribution in [0.1, 0.15) is 60.3 Å². The maximum atomic E-state index is 13.1. The molecule has 0 unspecified atom stereocenters. The summed E-state index contributed by atoms with van der Waals surface area (Å²) in [6.45, 7) is 13.4. The Morgan fingerprint density at radius 3 is 2.11 bits per heavy atom. The summed E-state index contributed by atoms with van der Waals surface area (Å²) in [6, 6.07) is 13.9. The van der Waals surface area contributed by atoms with Crippen LogP contribution in [0.3, 0.4) is 0 Å². The third kappa shape index (κ3) is 4.90. The normalized spacial score (nSPS) is 14.2. The minimum absolute atomic E-state index is 0.185. The Labute approximate surface area is 220 Å². The second-order valence-electron chi connectivity index (χ2n) is 11.0. The number of carbonyl (C=O) groups is 1. The van der Waals surface area contributed by atoms with E-state index in [0.29, 0.717) is 16.8 Å². The standard InChI is InChI=1S/C30H35NO5S/c1-17-12-14-21(15-13-17)24-19(3)25-23-18(2)10-9-11-22(23)16-31(37(8,34)35)27(25)20(4)26(24)28(29(32)33)36-30(5,6)7/h9-15,28H,16H2,1-8H3,(H,32,33)/t28-/m0/s1. The van der Waals surface area contributed by atoms with Gasteiger partial charge in [-0.05, 0) is 87.4 Å². The zero-order chi connectivity index (χ0) is 27.4. The van der Waals surface area contributed by atoms with E-state index >= 15 is 0 Å². The van der Waals surface area contributed by atoms with Gasteiger partial charge in [0, 0.05) is 11.1 Å². The largest absolute Gasteiger partial charge is 0.479 e. The van der Waals surface area contributed by atoms with E-state index in [1.807, 2.05) is 90.9 Å². The lowest BCUT2D eigenvalue weighted by molar-refractivity contribution is -0.160. The van der Waals surface area contributed by atoms with Gasteiger partial charge in [0.25, 0.3) is 0 Å². The van der Waals surface area contributed by atoms with E-state index < -0.39 is 27.7 Å². The number of nitrogens with zero attached hydrogens (tertiary/aromatic N) is 1. The SMILES string of the molecule is Cc1ccc(-c2c(C)c3c(c(C)c2[C@H](OC(C)(C)C)C(=O)O)N(S(C)(=O)=O)Cc2cccc(C)c2-3)cc1. The Kier molecular flexibility index (Phi) is 6.76. The van der Waals surface area contributed by atoms with Crippen molar-refractivity contribution >= 4 is 21.7 Å². The smallest absolute Gasteiger partial charge is 0.337 e. The van der Waals surface area contributed by atoms with Crippen molar-refractivity contribution in [3.8, 4) is 22.3 Å². The van der Waals surface area contributed by atoms with Crippen LogP contribution < -0.4 is 4.31 Å². The molecule has 1 aliphatic heterocycles. The molecule has 3 aromatic rings. The number of hydrogen-bond acceptors (Lipinski definition) is 4. The summed E-state index contributed by atoms with van der Waals surface area (Å²) in [7, 11) is -3.67. The Morgan fingerprint density at radius 1 is 0.946 bits per heavy atom. The van der Waals surface area contributed by atoms with Crippen molar-refractivity contribution in [3.05, 3.63) is 75.8 Å². The lowest BCUT2D eigenvalue weighted by Crippen LogP contribution is -2.35. The van der Waals surface area contributed by atoms with Gasteiger partial charge in [-0.15, -0.1) is 0 Å². The average Bonchev–Trinajstić information content (AvgIpc) is 2.78. The van der Waals surface area contributed by atoms with Crippen LogP contribution in [0.4, 0.5) is 5.69 Å². The van der Waals surface area contributed by atoms with Crippen LogP contribution >= 0.6 is 0 Å². The second-order valence-corrected chi connectivity index (χ2v) is 12.9. The minimum Gasteiger partial charge on any atom is -0.479 e. The van der Waals surface area contributed by atoms with Crippen LogP contribution in [-0.4, -0.2) is 31.4 Å². The van der Waals surface area contributed by atoms with Gasteiger partial charge in [-0.2, -0.15) is 0 Å². The maximum Gasteiger partial charge on any atom is 0.337 e. The fraction of sp³-hybridized carbons (Fsp3) is 0.367. The highest BCUT2D eigenvalue weighted by Crippen LogP contribution is 2.52. The van der Waals surface area contributed by atoms with Crippen LogP contribution in [-0.2, 0) is 26.1 Å². The molecule has 0 aliphatic carbocycles. The van der Waals surface area contributed by atoms with Crippen LogP contribution in [0, 0.1) is 27.7 Å². The first-order chi connectivity index (χ1) is 17.1. The van der Waals surface area contributed by atoms with E-state index in [0.717, 1.165) is 44.5 Å². The molecule has 0 spiro atoms. The van der Waals surface area contributed by atoms with Crippen molar-refractivity contribution < 1.29 is 23.1 Å². The topological polar surface area (TPSA) is 83.9 Å².